The van der Waals surface area contributed by atoms with Crippen molar-refractivity contribution in [3.63, 3.8) is 0 Å². The van der Waals surface area contributed by atoms with E-state index in [0.717, 1.165) is 0 Å². The van der Waals surface area contributed by atoms with Crippen LogP contribution in [-0.2, 0) is 0 Å². The van der Waals surface area contributed by atoms with Crippen LogP contribution in [0, 0.1) is 15.9 Å². The van der Waals surface area contributed by atoms with Crippen LogP contribution in [0.25, 0.3) is 0 Å². The van der Waals surface area contributed by atoms with E-state index >= 15 is 0 Å². The Morgan fingerprint density at radius 2 is 2.05 bits per heavy atom. The fourth-order valence-electron chi connectivity index (χ4n) is 1.37. The van der Waals surface area contributed by atoms with Crippen LogP contribution in [-0.4, -0.2) is 33.8 Å². The fraction of sp³-hybridized carbons (Fsp3) is 0.300. The fourth-order valence-corrected chi connectivity index (χ4v) is 1.81. The van der Waals surface area contributed by atoms with Gasteiger partial charge in [-0.25, -0.2) is 9.18 Å². The second kappa shape index (κ2) is 6.61. The molecule has 0 aromatic heterocycles. The van der Waals surface area contributed by atoms with Gasteiger partial charge in [0, 0.05) is 12.3 Å². The molecule has 1 aromatic carbocycles. The van der Waals surface area contributed by atoms with Gasteiger partial charge in [0.2, 0.25) is 0 Å². The molecule has 0 aliphatic heterocycles. The molecular weight excluding hydrogens is 320 g/mol. The molecule has 116 valence electrons. The van der Waals surface area contributed by atoms with Crippen molar-refractivity contribution in [2.75, 3.05) is 17.6 Å². The van der Waals surface area contributed by atoms with Gasteiger partial charge in [-0.15, -0.1) is 0 Å². The minimum atomic E-state index is -4.44. The number of anilines is 1. The average molecular weight is 328 g/mol. The number of nitrogens with zero attached hydrogens (tertiary/aromatic N) is 1. The molecule has 1 aromatic rings. The number of carboxylic acid groups (broad SMARTS) is 1. The van der Waals surface area contributed by atoms with Crippen molar-refractivity contribution in [3.8, 4) is 0 Å². The highest BCUT2D eigenvalue weighted by Gasteiger charge is 2.27. The Hall–Kier alpha value is -2.04. The molecule has 0 radical (unpaired) electrons. The summed E-state index contributed by atoms with van der Waals surface area (Å²) in [4.78, 5) is 20.5. The molecule has 6 nitrogen and oxygen atoms in total. The Bertz CT molecular complexity index is 565. The Balaban J connectivity index is 2.91. The maximum absolute atomic E-state index is 13.3. The van der Waals surface area contributed by atoms with E-state index in [-0.39, 0.29) is 24.0 Å². The zero-order valence-corrected chi connectivity index (χ0v) is 10.9. The topological polar surface area (TPSA) is 92.5 Å². The van der Waals surface area contributed by atoms with Crippen LogP contribution in [0.3, 0.4) is 0 Å². The monoisotopic (exact) mass is 328 g/mol. The highest BCUT2D eigenvalue weighted by atomic mass is 32.2. The van der Waals surface area contributed by atoms with Crippen molar-refractivity contribution < 1.29 is 32.4 Å². The van der Waals surface area contributed by atoms with Gasteiger partial charge in [0.05, 0.1) is 16.6 Å². The third-order valence-corrected chi connectivity index (χ3v) is 2.93. The first-order valence-corrected chi connectivity index (χ1v) is 6.26. The third-order valence-electron chi connectivity index (χ3n) is 2.20. The van der Waals surface area contributed by atoms with E-state index in [2.05, 4.69) is 5.32 Å². The summed E-state index contributed by atoms with van der Waals surface area (Å²) in [6.07, 6.45) is 0. The number of carbonyl (C=O) groups is 1. The molecule has 0 bridgehead atoms. The third kappa shape index (κ3) is 5.10. The molecule has 11 heteroatoms. The van der Waals surface area contributed by atoms with E-state index in [0.29, 0.717) is 12.1 Å². The highest BCUT2D eigenvalue weighted by Crippen LogP contribution is 2.31. The number of nitro groups is 1. The second-order valence-corrected chi connectivity index (χ2v) is 4.79. The lowest BCUT2D eigenvalue weighted by Crippen LogP contribution is -2.12. The number of benzene rings is 1. The van der Waals surface area contributed by atoms with Crippen LogP contribution in [0.5, 0.6) is 0 Å². The average Bonchev–Trinajstić information content (AvgIpc) is 2.33. The summed E-state index contributed by atoms with van der Waals surface area (Å²) >= 11 is -0.342. The summed E-state index contributed by atoms with van der Waals surface area (Å²) in [5, 5.41) is 21.7. The van der Waals surface area contributed by atoms with E-state index in [1.165, 1.54) is 0 Å². The maximum Gasteiger partial charge on any atom is 0.441 e. The first kappa shape index (κ1) is 17.0. The van der Waals surface area contributed by atoms with Gasteiger partial charge >= 0.3 is 11.5 Å². The smallest absolute Gasteiger partial charge is 0.441 e. The number of aromatic carboxylic acids is 1. The van der Waals surface area contributed by atoms with Gasteiger partial charge in [0.1, 0.15) is 11.5 Å². The van der Waals surface area contributed by atoms with Gasteiger partial charge < -0.3 is 10.4 Å². The summed E-state index contributed by atoms with van der Waals surface area (Å²) in [5.41, 5.74) is -6.37. The first-order chi connectivity index (χ1) is 9.61. The normalized spacial score (nSPS) is 11.2. The molecule has 0 amide bonds. The minimum absolute atomic E-state index is 0.310. The van der Waals surface area contributed by atoms with E-state index in [4.69, 9.17) is 5.11 Å². The number of hydrogen-bond donors (Lipinski definition) is 2. The van der Waals surface area contributed by atoms with E-state index in [1.807, 2.05) is 0 Å². The van der Waals surface area contributed by atoms with Crippen LogP contribution in [0.15, 0.2) is 12.1 Å². The van der Waals surface area contributed by atoms with Crippen molar-refractivity contribution in [2.24, 2.45) is 0 Å². The molecule has 0 aliphatic carbocycles. The molecule has 0 saturated carbocycles. The lowest BCUT2D eigenvalue weighted by atomic mass is 10.1. The Morgan fingerprint density at radius 3 is 2.52 bits per heavy atom. The molecule has 2 N–H and O–H groups in total. The van der Waals surface area contributed by atoms with Crippen molar-refractivity contribution in [2.45, 2.75) is 5.51 Å². The van der Waals surface area contributed by atoms with Gasteiger partial charge in [-0.1, -0.05) is 0 Å². The highest BCUT2D eigenvalue weighted by molar-refractivity contribution is 8.00. The van der Waals surface area contributed by atoms with Gasteiger partial charge in [0.15, 0.2) is 0 Å². The molecule has 0 saturated heterocycles. The number of halogens is 4. The molecule has 21 heavy (non-hydrogen) atoms. The standard InChI is InChI=1S/C10H8F4N2O4S/c11-6-4-8(16(19)20)7(3-5(6)9(17)18)15-1-2-21-10(12,13)14/h3-4,15H,1-2H2,(H,17,18). The van der Waals surface area contributed by atoms with Crippen molar-refractivity contribution in [3.05, 3.63) is 33.6 Å². The summed E-state index contributed by atoms with van der Waals surface area (Å²) in [6, 6.07) is 1.08. The Kier molecular flexibility index (Phi) is 5.35. The molecular formula is C10H8F4N2O4S. The molecule has 1 rings (SSSR count). The van der Waals surface area contributed by atoms with Gasteiger partial charge in [-0.3, -0.25) is 10.1 Å². The quantitative estimate of drug-likeness (QED) is 0.361. The lowest BCUT2D eigenvalue weighted by molar-refractivity contribution is -0.384. The van der Waals surface area contributed by atoms with Crippen LogP contribution in [0.2, 0.25) is 0 Å². The van der Waals surface area contributed by atoms with Gasteiger partial charge in [0.25, 0.3) is 5.69 Å². The van der Waals surface area contributed by atoms with Crippen molar-refractivity contribution in [1.82, 2.24) is 0 Å². The lowest BCUT2D eigenvalue weighted by Gasteiger charge is -2.09. The van der Waals surface area contributed by atoms with Crippen LogP contribution in [0.4, 0.5) is 28.9 Å². The Labute approximate surface area is 119 Å². The number of hydrogen-bond acceptors (Lipinski definition) is 5. The van der Waals surface area contributed by atoms with Crippen LogP contribution in [0.1, 0.15) is 10.4 Å². The summed E-state index contributed by atoms with van der Waals surface area (Å²) in [7, 11) is 0. The molecule has 0 fully saturated rings. The molecule has 0 spiro atoms. The number of alkyl halides is 3. The second-order valence-electron chi connectivity index (χ2n) is 3.63. The molecule has 0 atom stereocenters. The zero-order valence-electron chi connectivity index (χ0n) is 10.1. The number of nitro benzene ring substituents is 1. The molecule has 0 aliphatic rings. The van der Waals surface area contributed by atoms with E-state index in [1.54, 1.807) is 0 Å². The first-order valence-electron chi connectivity index (χ1n) is 5.27. The number of thioether (sulfide) groups is 1. The molecule has 0 heterocycles. The summed E-state index contributed by atoms with van der Waals surface area (Å²) < 4.78 is 49.1. The van der Waals surface area contributed by atoms with Crippen LogP contribution >= 0.6 is 11.8 Å². The van der Waals surface area contributed by atoms with Crippen molar-refractivity contribution >= 4 is 29.1 Å². The summed E-state index contributed by atoms with van der Waals surface area (Å²) in [6.45, 7) is -0.310. The van der Waals surface area contributed by atoms with E-state index in [9.17, 15) is 32.5 Å². The minimum Gasteiger partial charge on any atom is -0.478 e. The SMILES string of the molecule is O=C(O)c1cc(NCCSC(F)(F)F)c([N+](=O)[O-])cc1F. The van der Waals surface area contributed by atoms with E-state index < -0.39 is 39.2 Å². The molecule has 0 unspecified atom stereocenters. The summed E-state index contributed by atoms with van der Waals surface area (Å²) in [5.74, 6) is -3.39. The van der Waals surface area contributed by atoms with Gasteiger partial charge in [-0.2, -0.15) is 13.2 Å². The maximum atomic E-state index is 13.3. The number of nitrogens with one attached hydrogen (secondary N) is 1. The zero-order chi connectivity index (χ0) is 16.2. The number of carboxylic acids is 1. The Morgan fingerprint density at radius 1 is 1.43 bits per heavy atom. The van der Waals surface area contributed by atoms with Crippen molar-refractivity contribution in [1.29, 1.82) is 0 Å². The number of rotatable bonds is 6. The predicted octanol–water partition coefficient (Wildman–Crippen LogP) is 3.10. The van der Waals surface area contributed by atoms with Crippen LogP contribution < -0.4 is 5.32 Å². The van der Waals surface area contributed by atoms with Gasteiger partial charge in [-0.05, 0) is 17.8 Å². The largest absolute Gasteiger partial charge is 0.478 e. The predicted molar refractivity (Wildman–Crippen MR) is 67.0 cm³/mol.